The number of hydrogen-bond donors (Lipinski definition) is 0. The van der Waals surface area contributed by atoms with Crippen molar-refractivity contribution in [2.75, 3.05) is 58.4 Å². The molecule has 1 aromatic heterocycles. The highest BCUT2D eigenvalue weighted by Crippen LogP contribution is 2.29. The average molecular weight is 417 g/mol. The van der Waals surface area contributed by atoms with Crippen LogP contribution in [0.25, 0.3) is 10.2 Å². The number of ether oxygens (including phenoxy) is 2. The normalized spacial score (nSPS) is 16.5. The van der Waals surface area contributed by atoms with Crippen LogP contribution in [0.4, 0.5) is 0 Å². The van der Waals surface area contributed by atoms with Crippen molar-refractivity contribution < 1.29 is 26.4 Å². The van der Waals surface area contributed by atoms with E-state index < -0.39 is 0 Å². The monoisotopic (exact) mass is 416 g/mol. The molecule has 0 spiro atoms. The molecule has 146 valence electrons. The van der Waals surface area contributed by atoms with E-state index in [1.54, 1.807) is 23.1 Å². The van der Waals surface area contributed by atoms with Crippen molar-refractivity contribution >= 4 is 33.3 Å². The topological polar surface area (TPSA) is 31.4 Å². The van der Waals surface area contributed by atoms with Gasteiger partial charge in [-0.3, -0.25) is 0 Å². The van der Waals surface area contributed by atoms with Gasteiger partial charge in [-0.15, -0.1) is 11.3 Å². The Morgan fingerprint density at radius 3 is 2.77 bits per heavy atom. The maximum absolute atomic E-state index is 5.94. The maximum Gasteiger partial charge on any atom is 0.151 e. The number of para-hydroxylation sites is 1. The van der Waals surface area contributed by atoms with E-state index in [2.05, 4.69) is 30.1 Å². The van der Waals surface area contributed by atoms with E-state index in [1.165, 1.54) is 28.6 Å². The molecule has 1 aromatic carbocycles. The van der Waals surface area contributed by atoms with Gasteiger partial charge in [-0.25, -0.2) is 4.98 Å². The number of quaternary nitrogens is 1. The van der Waals surface area contributed by atoms with Crippen molar-refractivity contribution in [2.24, 2.45) is 0 Å². The lowest BCUT2D eigenvalue weighted by atomic mass is 10.2. The molecule has 1 fully saturated rings. The van der Waals surface area contributed by atoms with Crippen molar-refractivity contribution in [1.82, 2.24) is 4.98 Å². The summed E-state index contributed by atoms with van der Waals surface area (Å²) in [5.74, 6) is 0.970. The molecule has 0 atom stereocenters. The smallest absolute Gasteiger partial charge is 0.151 e. The molecular weight excluding hydrogens is 388 g/mol. The van der Waals surface area contributed by atoms with E-state index >= 15 is 0 Å². The Kier molecular flexibility index (Phi) is 9.67. The summed E-state index contributed by atoms with van der Waals surface area (Å²) in [7, 11) is 0. The number of benzene rings is 1. The third kappa shape index (κ3) is 6.36. The van der Waals surface area contributed by atoms with E-state index in [1.807, 2.05) is 6.07 Å². The number of thiazole rings is 1. The third-order valence-corrected chi connectivity index (χ3v) is 6.99. The predicted octanol–water partition coefficient (Wildman–Crippen LogP) is 1.06. The number of thioether (sulfide) groups is 1. The lowest BCUT2D eigenvalue weighted by molar-refractivity contribution is -0.935. The number of nitrogens with zero attached hydrogens (tertiary/aromatic N) is 2. The van der Waals surface area contributed by atoms with Crippen molar-refractivity contribution in [3.63, 3.8) is 0 Å². The summed E-state index contributed by atoms with van der Waals surface area (Å²) in [6.45, 7) is 10.4. The van der Waals surface area contributed by atoms with E-state index in [9.17, 15) is 0 Å². The van der Waals surface area contributed by atoms with Crippen LogP contribution in [0.5, 0.6) is 0 Å². The number of fused-ring (bicyclic) bond motifs is 1. The summed E-state index contributed by atoms with van der Waals surface area (Å²) >= 11 is 3.57. The molecule has 2 aromatic rings. The van der Waals surface area contributed by atoms with E-state index in [0.29, 0.717) is 0 Å². The summed E-state index contributed by atoms with van der Waals surface area (Å²) < 4.78 is 15.1. The summed E-state index contributed by atoms with van der Waals surface area (Å²) in [5.41, 5.74) is 1.10. The zero-order valence-corrected chi connectivity index (χ0v) is 17.9. The van der Waals surface area contributed by atoms with Crippen LogP contribution in [-0.2, 0) is 9.47 Å². The number of hydrogen-bond acceptors (Lipinski definition) is 5. The zero-order chi connectivity index (χ0) is 17.4. The first-order valence-electron chi connectivity index (χ1n) is 9.30. The number of rotatable bonds is 10. The van der Waals surface area contributed by atoms with Crippen molar-refractivity contribution in [3.05, 3.63) is 24.3 Å². The SMILES string of the molecule is CCCC[N+]1(CCOCCSc2nc3ccccc3s2)CCOCC1.[Cl-]. The first-order chi connectivity index (χ1) is 12.3. The fraction of sp³-hybridized carbons (Fsp3) is 0.632. The minimum atomic E-state index is 0. The predicted molar refractivity (Wildman–Crippen MR) is 107 cm³/mol. The van der Waals surface area contributed by atoms with Gasteiger partial charge in [-0.2, -0.15) is 0 Å². The van der Waals surface area contributed by atoms with Gasteiger partial charge < -0.3 is 26.4 Å². The summed E-state index contributed by atoms with van der Waals surface area (Å²) in [6.07, 6.45) is 2.56. The van der Waals surface area contributed by atoms with E-state index in [0.717, 1.165) is 61.7 Å². The number of unbranched alkanes of at least 4 members (excludes halogenated alkanes) is 1. The van der Waals surface area contributed by atoms with Crippen molar-refractivity contribution in [1.29, 1.82) is 0 Å². The summed E-state index contributed by atoms with van der Waals surface area (Å²) in [4.78, 5) is 4.66. The minimum absolute atomic E-state index is 0. The molecule has 1 aliphatic rings. The molecule has 0 saturated carbocycles. The molecule has 1 saturated heterocycles. The molecule has 0 aliphatic carbocycles. The molecule has 1 aliphatic heterocycles. The Bertz CT molecular complexity index is 614. The second-order valence-electron chi connectivity index (χ2n) is 6.61. The second-order valence-corrected chi connectivity index (χ2v) is 8.98. The van der Waals surface area contributed by atoms with Gasteiger partial charge in [0.15, 0.2) is 4.34 Å². The standard InChI is InChI=1S/C19H29N2O2S2.ClH/c1-2-3-8-21(9-12-22-13-10-21)11-14-23-15-16-24-19-20-17-6-4-5-7-18(17)25-19;/h4-7H,2-3,8-16H2,1H3;1H/q+1;/p-1. The van der Waals surface area contributed by atoms with Crippen LogP contribution in [0.1, 0.15) is 19.8 Å². The molecular formula is C19H29ClN2O2S2. The van der Waals surface area contributed by atoms with Crippen LogP contribution in [0, 0.1) is 0 Å². The first-order valence-corrected chi connectivity index (χ1v) is 11.1. The Hall–Kier alpha value is -0.370. The number of halogens is 1. The highest BCUT2D eigenvalue weighted by atomic mass is 35.5. The minimum Gasteiger partial charge on any atom is -1.00 e. The van der Waals surface area contributed by atoms with Crippen LogP contribution in [0.2, 0.25) is 0 Å². The van der Waals surface area contributed by atoms with E-state index in [4.69, 9.17) is 9.47 Å². The van der Waals surface area contributed by atoms with Crippen LogP contribution >= 0.6 is 23.1 Å². The van der Waals surface area contributed by atoms with Gasteiger partial charge in [0.05, 0.1) is 43.2 Å². The molecule has 0 amide bonds. The molecule has 0 radical (unpaired) electrons. The van der Waals surface area contributed by atoms with Gasteiger partial charge in [-0.1, -0.05) is 37.2 Å². The Labute approximate surface area is 171 Å². The van der Waals surface area contributed by atoms with E-state index in [-0.39, 0.29) is 12.4 Å². The average Bonchev–Trinajstić information content (AvgIpc) is 3.06. The molecule has 0 N–H and O–H groups in total. The van der Waals surface area contributed by atoms with Gasteiger partial charge in [0.2, 0.25) is 0 Å². The van der Waals surface area contributed by atoms with Crippen molar-refractivity contribution in [3.8, 4) is 0 Å². The molecule has 4 nitrogen and oxygen atoms in total. The van der Waals surface area contributed by atoms with Gasteiger partial charge in [0, 0.05) is 5.75 Å². The fourth-order valence-electron chi connectivity index (χ4n) is 3.24. The highest BCUT2D eigenvalue weighted by molar-refractivity contribution is 8.01. The number of aromatic nitrogens is 1. The second kappa shape index (κ2) is 11.5. The zero-order valence-electron chi connectivity index (χ0n) is 15.5. The highest BCUT2D eigenvalue weighted by Gasteiger charge is 2.29. The van der Waals surface area contributed by atoms with Gasteiger partial charge >= 0.3 is 0 Å². The van der Waals surface area contributed by atoms with Crippen LogP contribution in [0.3, 0.4) is 0 Å². The lowest BCUT2D eigenvalue weighted by Gasteiger charge is -2.41. The molecule has 3 rings (SSSR count). The number of morpholine rings is 1. The van der Waals surface area contributed by atoms with Gasteiger partial charge in [-0.05, 0) is 18.6 Å². The van der Waals surface area contributed by atoms with Crippen LogP contribution < -0.4 is 12.4 Å². The lowest BCUT2D eigenvalue weighted by Crippen LogP contribution is -3.00. The molecule has 0 bridgehead atoms. The Balaban J connectivity index is 0.00000243. The Morgan fingerprint density at radius 1 is 1.19 bits per heavy atom. The first kappa shape index (κ1) is 21.9. The largest absolute Gasteiger partial charge is 1.00 e. The maximum atomic E-state index is 5.94. The quantitative estimate of drug-likeness (QED) is 0.329. The fourth-order valence-corrected chi connectivity index (χ4v) is 5.23. The third-order valence-electron chi connectivity index (χ3n) is 4.84. The summed E-state index contributed by atoms with van der Waals surface area (Å²) in [6, 6.07) is 8.33. The van der Waals surface area contributed by atoms with Crippen LogP contribution in [0.15, 0.2) is 28.6 Å². The summed E-state index contributed by atoms with van der Waals surface area (Å²) in [5, 5.41) is 0. The molecule has 26 heavy (non-hydrogen) atoms. The van der Waals surface area contributed by atoms with Gasteiger partial charge in [0.25, 0.3) is 0 Å². The van der Waals surface area contributed by atoms with Crippen molar-refractivity contribution in [2.45, 2.75) is 24.1 Å². The molecule has 2 heterocycles. The van der Waals surface area contributed by atoms with Gasteiger partial charge in [0.1, 0.15) is 19.6 Å². The Morgan fingerprint density at radius 2 is 2.00 bits per heavy atom. The molecule has 7 heteroatoms. The molecule has 0 unspecified atom stereocenters. The van der Waals surface area contributed by atoms with Crippen LogP contribution in [-0.4, -0.2) is 67.8 Å².